The van der Waals surface area contributed by atoms with Crippen molar-refractivity contribution in [2.24, 2.45) is 0 Å². The number of nitrogens with zero attached hydrogens (tertiary/aromatic N) is 3. The van der Waals surface area contributed by atoms with Gasteiger partial charge in [-0.2, -0.15) is 5.26 Å². The molecule has 1 N–H and O–H groups in total. The minimum Gasteiger partial charge on any atom is -0.497 e. The molecular weight excluding hydrogens is 424 g/mol. The second kappa shape index (κ2) is 10.3. The lowest BCUT2D eigenvalue weighted by Crippen LogP contribution is -2.50. The minimum atomic E-state index is -0.704. The van der Waals surface area contributed by atoms with Crippen molar-refractivity contribution < 1.29 is 9.53 Å². The topological polar surface area (TPSA) is 87.9 Å². The summed E-state index contributed by atoms with van der Waals surface area (Å²) < 4.78 is 6.81. The van der Waals surface area contributed by atoms with Crippen LogP contribution in [0.2, 0.25) is 0 Å². The van der Waals surface area contributed by atoms with Crippen molar-refractivity contribution in [3.8, 4) is 11.8 Å². The molecule has 1 heterocycles. The van der Waals surface area contributed by atoms with Gasteiger partial charge in [-0.1, -0.05) is 66.3 Å². The van der Waals surface area contributed by atoms with E-state index < -0.39 is 5.54 Å². The molecule has 6 nitrogen and oxygen atoms in total. The van der Waals surface area contributed by atoms with Gasteiger partial charge in [0.05, 0.1) is 18.4 Å². The zero-order valence-electron chi connectivity index (χ0n) is 16.5. The number of benzene rings is 1. The standard InChI is InChI=1S/C20H24N4O2S3/c1-14(17(25)22-20(13-21)10-4-3-5-11-20)28-19-24-23-18(29-19)27-12-15-6-8-16(26-2)9-7-15/h6-9,14H,3-5,10-12H2,1-2H3,(H,22,25). The van der Waals surface area contributed by atoms with Crippen LogP contribution in [0.5, 0.6) is 5.75 Å². The van der Waals surface area contributed by atoms with Crippen LogP contribution in [0.1, 0.15) is 44.6 Å². The summed E-state index contributed by atoms with van der Waals surface area (Å²) in [4.78, 5) is 12.6. The number of aromatic nitrogens is 2. The molecule has 1 aromatic heterocycles. The summed E-state index contributed by atoms with van der Waals surface area (Å²) in [5, 5.41) is 20.6. The number of nitriles is 1. The highest BCUT2D eigenvalue weighted by molar-refractivity contribution is 8.03. The van der Waals surface area contributed by atoms with Crippen molar-refractivity contribution in [3.05, 3.63) is 29.8 Å². The van der Waals surface area contributed by atoms with Gasteiger partial charge in [-0.05, 0) is 37.5 Å². The second-order valence-electron chi connectivity index (χ2n) is 6.97. The highest BCUT2D eigenvalue weighted by Gasteiger charge is 2.35. The third-order valence-electron chi connectivity index (χ3n) is 4.84. The molecule has 0 bridgehead atoms. The van der Waals surface area contributed by atoms with E-state index in [1.807, 2.05) is 31.2 Å². The molecule has 29 heavy (non-hydrogen) atoms. The number of carbonyl (C=O) groups is 1. The number of nitrogens with one attached hydrogen (secondary N) is 1. The lowest BCUT2D eigenvalue weighted by molar-refractivity contribution is -0.121. The van der Waals surface area contributed by atoms with E-state index in [0.717, 1.165) is 52.3 Å². The molecule has 0 spiro atoms. The summed E-state index contributed by atoms with van der Waals surface area (Å²) in [5.74, 6) is 1.53. The van der Waals surface area contributed by atoms with Crippen LogP contribution in [-0.2, 0) is 10.5 Å². The smallest absolute Gasteiger partial charge is 0.234 e. The Bertz CT molecular complexity index is 857. The van der Waals surface area contributed by atoms with Crippen LogP contribution >= 0.6 is 34.9 Å². The van der Waals surface area contributed by atoms with Crippen LogP contribution in [-0.4, -0.2) is 34.0 Å². The van der Waals surface area contributed by atoms with Crippen LogP contribution in [0.15, 0.2) is 32.9 Å². The first kappa shape index (κ1) is 21.9. The highest BCUT2D eigenvalue weighted by atomic mass is 32.2. The molecule has 1 saturated carbocycles. The molecule has 1 atom stereocenters. The van der Waals surface area contributed by atoms with Crippen LogP contribution in [0.4, 0.5) is 0 Å². The van der Waals surface area contributed by atoms with Crippen LogP contribution in [0.3, 0.4) is 0 Å². The van der Waals surface area contributed by atoms with E-state index in [1.54, 1.807) is 18.9 Å². The number of hydrogen-bond donors (Lipinski definition) is 1. The fourth-order valence-corrected chi connectivity index (χ4v) is 6.25. The van der Waals surface area contributed by atoms with Gasteiger partial charge in [-0.3, -0.25) is 4.79 Å². The zero-order chi connectivity index (χ0) is 20.7. The highest BCUT2D eigenvalue weighted by Crippen LogP contribution is 2.34. The Morgan fingerprint density at radius 2 is 1.97 bits per heavy atom. The summed E-state index contributed by atoms with van der Waals surface area (Å²) in [6.07, 6.45) is 4.57. The average molecular weight is 449 g/mol. The Balaban J connectivity index is 1.50. The van der Waals surface area contributed by atoms with E-state index in [4.69, 9.17) is 4.74 Å². The molecule has 3 rings (SSSR count). The molecule has 1 aliphatic rings. The minimum absolute atomic E-state index is 0.110. The average Bonchev–Trinajstić information content (AvgIpc) is 3.20. The van der Waals surface area contributed by atoms with Crippen molar-refractivity contribution in [2.75, 3.05) is 7.11 Å². The van der Waals surface area contributed by atoms with Crippen molar-refractivity contribution in [1.82, 2.24) is 15.5 Å². The van der Waals surface area contributed by atoms with Crippen LogP contribution in [0, 0.1) is 11.3 Å². The van der Waals surface area contributed by atoms with E-state index in [-0.39, 0.29) is 11.2 Å². The molecule has 0 radical (unpaired) electrons. The number of carbonyl (C=O) groups excluding carboxylic acids is 1. The molecule has 154 valence electrons. The number of ether oxygens (including phenoxy) is 1. The Morgan fingerprint density at radius 3 is 2.62 bits per heavy atom. The normalized spacial score (nSPS) is 16.6. The molecule has 0 saturated heterocycles. The number of amides is 1. The molecule has 9 heteroatoms. The van der Waals surface area contributed by atoms with E-state index >= 15 is 0 Å². The van der Waals surface area contributed by atoms with Gasteiger partial charge in [0.2, 0.25) is 5.91 Å². The maximum absolute atomic E-state index is 12.6. The monoisotopic (exact) mass is 448 g/mol. The first-order valence-corrected chi connectivity index (χ1v) is 12.2. The maximum Gasteiger partial charge on any atom is 0.234 e. The molecule has 0 aliphatic heterocycles. The van der Waals surface area contributed by atoms with E-state index in [2.05, 4.69) is 21.6 Å². The zero-order valence-corrected chi connectivity index (χ0v) is 19.0. The predicted octanol–water partition coefficient (Wildman–Crippen LogP) is 4.66. The summed E-state index contributed by atoms with van der Waals surface area (Å²) in [7, 11) is 1.65. The molecule has 1 aliphatic carbocycles. The van der Waals surface area contributed by atoms with Gasteiger partial charge in [0, 0.05) is 5.75 Å². The Morgan fingerprint density at radius 1 is 1.28 bits per heavy atom. The summed E-state index contributed by atoms with van der Waals surface area (Å²) in [6.45, 7) is 1.85. The molecule has 2 aromatic rings. The Kier molecular flexibility index (Phi) is 7.81. The Labute approximate surface area is 183 Å². The maximum atomic E-state index is 12.6. The van der Waals surface area contributed by atoms with Crippen molar-refractivity contribution >= 4 is 40.8 Å². The Hall–Kier alpha value is -1.76. The van der Waals surface area contributed by atoms with Gasteiger partial charge >= 0.3 is 0 Å². The fraction of sp³-hybridized carbons (Fsp3) is 0.500. The van der Waals surface area contributed by atoms with E-state index in [1.165, 1.54) is 28.7 Å². The van der Waals surface area contributed by atoms with Crippen molar-refractivity contribution in [3.63, 3.8) is 0 Å². The predicted molar refractivity (Wildman–Crippen MR) is 117 cm³/mol. The first-order valence-electron chi connectivity index (χ1n) is 9.53. The second-order valence-corrected chi connectivity index (χ2v) is 10.8. The van der Waals surface area contributed by atoms with E-state index in [0.29, 0.717) is 0 Å². The van der Waals surface area contributed by atoms with Gasteiger partial charge < -0.3 is 10.1 Å². The van der Waals surface area contributed by atoms with Gasteiger partial charge in [-0.25, -0.2) is 0 Å². The summed E-state index contributed by atoms with van der Waals surface area (Å²) >= 11 is 4.50. The summed E-state index contributed by atoms with van der Waals surface area (Å²) in [6, 6.07) is 10.3. The number of thioether (sulfide) groups is 2. The number of hydrogen-bond acceptors (Lipinski definition) is 8. The largest absolute Gasteiger partial charge is 0.497 e. The van der Waals surface area contributed by atoms with Gasteiger partial charge in [0.25, 0.3) is 0 Å². The van der Waals surface area contributed by atoms with Gasteiger partial charge in [-0.15, -0.1) is 10.2 Å². The fourth-order valence-electron chi connectivity index (χ4n) is 3.13. The van der Waals surface area contributed by atoms with Gasteiger partial charge in [0.15, 0.2) is 8.68 Å². The first-order chi connectivity index (χ1) is 14.0. The quantitative estimate of drug-likeness (QED) is 0.587. The van der Waals surface area contributed by atoms with Crippen molar-refractivity contribution in [1.29, 1.82) is 5.26 Å². The molecule has 1 fully saturated rings. The summed E-state index contributed by atoms with van der Waals surface area (Å²) in [5.41, 5.74) is 0.479. The molecule has 1 amide bonds. The van der Waals surface area contributed by atoms with Crippen molar-refractivity contribution in [2.45, 2.75) is 64.2 Å². The molecule has 1 unspecified atom stereocenters. The van der Waals surface area contributed by atoms with Crippen LogP contribution < -0.4 is 10.1 Å². The lowest BCUT2D eigenvalue weighted by Gasteiger charge is -2.32. The number of methoxy groups -OCH3 is 1. The van der Waals surface area contributed by atoms with E-state index in [9.17, 15) is 10.1 Å². The number of rotatable bonds is 8. The molecule has 1 aromatic carbocycles. The third kappa shape index (κ3) is 6.11. The van der Waals surface area contributed by atoms with Gasteiger partial charge in [0.1, 0.15) is 11.3 Å². The van der Waals surface area contributed by atoms with Crippen LogP contribution in [0.25, 0.3) is 0 Å². The molecular formula is C20H24N4O2S3. The SMILES string of the molecule is COc1ccc(CSc2nnc(SC(C)C(=O)NC3(C#N)CCCCC3)s2)cc1. The third-order valence-corrected chi connectivity index (χ3v) is 8.15. The lowest BCUT2D eigenvalue weighted by atomic mass is 9.83.